The molecule has 0 heterocycles. The standard InChI is InChI=1S/C12H14F3NO/c1-11(2,7-10(16)17)8-3-5-9(6-4-8)12(13,14)15/h3-6H,7H2,1-2H3,(H2,16,17). The Kier molecular flexibility index (Phi) is 3.50. The van der Waals surface area contributed by atoms with Crippen molar-refractivity contribution in [3.05, 3.63) is 35.4 Å². The van der Waals surface area contributed by atoms with Gasteiger partial charge in [-0.1, -0.05) is 26.0 Å². The Hall–Kier alpha value is -1.52. The van der Waals surface area contributed by atoms with Crippen molar-refractivity contribution >= 4 is 5.91 Å². The van der Waals surface area contributed by atoms with Gasteiger partial charge in [-0.15, -0.1) is 0 Å². The van der Waals surface area contributed by atoms with Crippen LogP contribution in [0.1, 0.15) is 31.4 Å². The van der Waals surface area contributed by atoms with E-state index in [1.165, 1.54) is 12.1 Å². The van der Waals surface area contributed by atoms with Gasteiger partial charge in [0.25, 0.3) is 0 Å². The molecule has 1 aromatic carbocycles. The van der Waals surface area contributed by atoms with Crippen LogP contribution in [0.15, 0.2) is 24.3 Å². The second-order valence-corrected chi connectivity index (χ2v) is 4.60. The number of carbonyl (C=O) groups excluding carboxylic acids is 1. The monoisotopic (exact) mass is 245 g/mol. The molecule has 2 nitrogen and oxygen atoms in total. The number of primary amides is 1. The number of carbonyl (C=O) groups is 1. The quantitative estimate of drug-likeness (QED) is 0.874. The van der Waals surface area contributed by atoms with Crippen LogP contribution in [0.25, 0.3) is 0 Å². The first kappa shape index (κ1) is 13.5. The molecular formula is C12H14F3NO. The summed E-state index contributed by atoms with van der Waals surface area (Å²) in [6.07, 6.45) is -4.25. The summed E-state index contributed by atoms with van der Waals surface area (Å²) in [6.45, 7) is 3.53. The highest BCUT2D eigenvalue weighted by atomic mass is 19.4. The van der Waals surface area contributed by atoms with Crippen LogP contribution in [0, 0.1) is 0 Å². The van der Waals surface area contributed by atoms with E-state index in [4.69, 9.17) is 5.73 Å². The van der Waals surface area contributed by atoms with Crippen LogP contribution < -0.4 is 5.73 Å². The van der Waals surface area contributed by atoms with Gasteiger partial charge >= 0.3 is 6.18 Å². The van der Waals surface area contributed by atoms with Crippen LogP contribution in [0.4, 0.5) is 13.2 Å². The van der Waals surface area contributed by atoms with Crippen LogP contribution in [-0.4, -0.2) is 5.91 Å². The minimum atomic E-state index is -4.34. The first-order valence-electron chi connectivity index (χ1n) is 5.09. The molecule has 94 valence electrons. The molecule has 0 saturated heterocycles. The molecule has 1 aromatic rings. The van der Waals surface area contributed by atoms with E-state index in [1.807, 2.05) is 0 Å². The van der Waals surface area contributed by atoms with E-state index in [1.54, 1.807) is 13.8 Å². The minimum absolute atomic E-state index is 0.0956. The average Bonchev–Trinajstić information content (AvgIpc) is 2.14. The SMILES string of the molecule is CC(C)(CC(N)=O)c1ccc(C(F)(F)F)cc1. The van der Waals surface area contributed by atoms with E-state index >= 15 is 0 Å². The first-order valence-corrected chi connectivity index (χ1v) is 5.09. The van der Waals surface area contributed by atoms with Crippen molar-refractivity contribution in [2.24, 2.45) is 5.73 Å². The maximum atomic E-state index is 12.4. The molecule has 1 rings (SSSR count). The summed E-state index contributed by atoms with van der Waals surface area (Å²) < 4.78 is 37.1. The van der Waals surface area contributed by atoms with Crippen molar-refractivity contribution in [3.8, 4) is 0 Å². The van der Waals surface area contributed by atoms with Gasteiger partial charge in [-0.25, -0.2) is 0 Å². The largest absolute Gasteiger partial charge is 0.416 e. The number of halogens is 3. The van der Waals surface area contributed by atoms with Gasteiger partial charge in [0.15, 0.2) is 0 Å². The van der Waals surface area contributed by atoms with Gasteiger partial charge < -0.3 is 5.73 Å². The number of amides is 1. The number of hydrogen-bond donors (Lipinski definition) is 1. The fourth-order valence-electron chi connectivity index (χ4n) is 1.65. The van der Waals surface area contributed by atoms with E-state index in [-0.39, 0.29) is 6.42 Å². The summed E-state index contributed by atoms with van der Waals surface area (Å²) in [5, 5.41) is 0. The van der Waals surface area contributed by atoms with Gasteiger partial charge in [0.2, 0.25) is 5.91 Å². The fourth-order valence-corrected chi connectivity index (χ4v) is 1.65. The predicted molar refractivity (Wildman–Crippen MR) is 58.3 cm³/mol. The molecule has 0 atom stereocenters. The van der Waals surface area contributed by atoms with Gasteiger partial charge in [-0.05, 0) is 23.1 Å². The molecule has 1 amide bonds. The van der Waals surface area contributed by atoms with Gasteiger partial charge in [-0.3, -0.25) is 4.79 Å². The highest BCUT2D eigenvalue weighted by Gasteiger charge is 2.31. The first-order chi connectivity index (χ1) is 7.63. The Balaban J connectivity index is 2.98. The Bertz CT molecular complexity index is 407. The lowest BCUT2D eigenvalue weighted by Gasteiger charge is -2.24. The second-order valence-electron chi connectivity index (χ2n) is 4.60. The van der Waals surface area contributed by atoms with Crippen LogP contribution in [0.5, 0.6) is 0 Å². The van der Waals surface area contributed by atoms with E-state index in [2.05, 4.69) is 0 Å². The summed E-state index contributed by atoms with van der Waals surface area (Å²) in [5.41, 5.74) is 4.50. The average molecular weight is 245 g/mol. The molecular weight excluding hydrogens is 231 g/mol. The number of nitrogens with two attached hydrogens (primary N) is 1. The zero-order valence-electron chi connectivity index (χ0n) is 9.64. The zero-order chi connectivity index (χ0) is 13.3. The van der Waals surface area contributed by atoms with Crippen molar-refractivity contribution in [3.63, 3.8) is 0 Å². The lowest BCUT2D eigenvalue weighted by molar-refractivity contribution is -0.137. The van der Waals surface area contributed by atoms with Gasteiger partial charge in [-0.2, -0.15) is 13.2 Å². The molecule has 2 N–H and O–H groups in total. The van der Waals surface area contributed by atoms with Gasteiger partial charge in [0.05, 0.1) is 5.56 Å². The molecule has 5 heteroatoms. The summed E-state index contributed by atoms with van der Waals surface area (Å²) in [7, 11) is 0. The smallest absolute Gasteiger partial charge is 0.370 e. The molecule has 0 spiro atoms. The van der Waals surface area contributed by atoms with Crippen LogP contribution in [-0.2, 0) is 16.4 Å². The highest BCUT2D eigenvalue weighted by molar-refractivity contribution is 5.75. The molecule has 0 radical (unpaired) electrons. The molecule has 0 aliphatic heterocycles. The molecule has 0 unspecified atom stereocenters. The van der Waals surface area contributed by atoms with E-state index in [0.29, 0.717) is 5.56 Å². The van der Waals surface area contributed by atoms with Crippen molar-refractivity contribution in [1.82, 2.24) is 0 Å². The Morgan fingerprint density at radius 3 is 1.88 bits per heavy atom. The predicted octanol–water partition coefficient (Wildman–Crippen LogP) is 2.86. The second kappa shape index (κ2) is 4.39. The number of hydrogen-bond acceptors (Lipinski definition) is 1. The Morgan fingerprint density at radius 1 is 1.12 bits per heavy atom. The molecule has 0 aliphatic rings. The summed E-state index contributed by atoms with van der Waals surface area (Å²) in [4.78, 5) is 10.9. The number of alkyl halides is 3. The summed E-state index contributed by atoms with van der Waals surface area (Å²) in [6, 6.07) is 4.79. The van der Waals surface area contributed by atoms with E-state index in [9.17, 15) is 18.0 Å². The molecule has 17 heavy (non-hydrogen) atoms. The van der Waals surface area contributed by atoms with Crippen molar-refractivity contribution < 1.29 is 18.0 Å². The van der Waals surface area contributed by atoms with E-state index in [0.717, 1.165) is 12.1 Å². The number of rotatable bonds is 3. The van der Waals surface area contributed by atoms with Crippen LogP contribution >= 0.6 is 0 Å². The van der Waals surface area contributed by atoms with Gasteiger partial charge in [0.1, 0.15) is 0 Å². The highest BCUT2D eigenvalue weighted by Crippen LogP contribution is 2.32. The maximum Gasteiger partial charge on any atom is 0.416 e. The van der Waals surface area contributed by atoms with E-state index < -0.39 is 23.1 Å². The molecule has 0 bridgehead atoms. The van der Waals surface area contributed by atoms with Crippen LogP contribution in [0.3, 0.4) is 0 Å². The van der Waals surface area contributed by atoms with Crippen molar-refractivity contribution in [2.75, 3.05) is 0 Å². The molecule has 0 aromatic heterocycles. The number of benzene rings is 1. The summed E-state index contributed by atoms with van der Waals surface area (Å²) in [5.74, 6) is -0.477. The topological polar surface area (TPSA) is 43.1 Å². The maximum absolute atomic E-state index is 12.4. The third-order valence-corrected chi connectivity index (χ3v) is 2.61. The lowest BCUT2D eigenvalue weighted by atomic mass is 9.81. The third kappa shape index (κ3) is 3.47. The Labute approximate surface area is 97.6 Å². The third-order valence-electron chi connectivity index (χ3n) is 2.61. The molecule has 0 saturated carbocycles. The summed E-state index contributed by atoms with van der Waals surface area (Å²) >= 11 is 0. The van der Waals surface area contributed by atoms with Gasteiger partial charge in [0, 0.05) is 6.42 Å². The Morgan fingerprint density at radius 2 is 1.53 bits per heavy atom. The molecule has 0 fully saturated rings. The fraction of sp³-hybridized carbons (Fsp3) is 0.417. The normalized spacial score (nSPS) is 12.5. The van der Waals surface area contributed by atoms with Crippen molar-refractivity contribution in [2.45, 2.75) is 31.9 Å². The van der Waals surface area contributed by atoms with Crippen molar-refractivity contribution in [1.29, 1.82) is 0 Å². The van der Waals surface area contributed by atoms with Crippen LogP contribution in [0.2, 0.25) is 0 Å². The zero-order valence-corrected chi connectivity index (χ0v) is 9.64. The molecule has 0 aliphatic carbocycles. The lowest BCUT2D eigenvalue weighted by Crippen LogP contribution is -2.26. The minimum Gasteiger partial charge on any atom is -0.370 e.